The Morgan fingerprint density at radius 2 is 2.25 bits per heavy atom. The monoisotopic (exact) mass is 183 g/mol. The minimum Gasteiger partial charge on any atom is -0.389 e. The van der Waals surface area contributed by atoms with Gasteiger partial charge in [-0.1, -0.05) is 0 Å². The van der Waals surface area contributed by atoms with Gasteiger partial charge < -0.3 is 5.11 Å². The zero-order valence-corrected chi connectivity index (χ0v) is 8.35. The van der Waals surface area contributed by atoms with E-state index < -0.39 is 6.10 Å². The molecule has 0 aliphatic rings. The van der Waals surface area contributed by atoms with E-state index in [4.69, 9.17) is 0 Å². The van der Waals surface area contributed by atoms with Crippen LogP contribution in [0, 0.1) is 6.92 Å². The molecular weight excluding hydrogens is 170 g/mol. The van der Waals surface area contributed by atoms with E-state index in [0.29, 0.717) is 0 Å². The lowest BCUT2D eigenvalue weighted by atomic mass is 10.1. The summed E-state index contributed by atoms with van der Waals surface area (Å²) < 4.78 is 0. The molecule has 0 aliphatic heterocycles. The predicted molar refractivity (Wildman–Crippen MR) is 51.4 cm³/mol. The first-order valence-corrected chi connectivity index (χ1v) is 5.06. The van der Waals surface area contributed by atoms with Gasteiger partial charge in [-0.2, -0.15) is 0 Å². The fraction of sp³-hybridized carbons (Fsp3) is 0.444. The highest BCUT2D eigenvalue weighted by Crippen LogP contribution is 2.20. The molecule has 1 heterocycles. The van der Waals surface area contributed by atoms with E-state index in [1.54, 1.807) is 24.9 Å². The van der Waals surface area contributed by atoms with Crippen molar-refractivity contribution < 1.29 is 5.11 Å². The minimum absolute atomic E-state index is 0.423. The molecule has 0 aliphatic carbocycles. The van der Waals surface area contributed by atoms with Crippen LogP contribution in [0.1, 0.15) is 24.2 Å². The molecule has 1 aromatic heterocycles. The molecule has 12 heavy (non-hydrogen) atoms. The molecule has 3 heteroatoms. The number of pyridine rings is 1. The molecule has 0 unspecified atom stereocenters. The Hall–Kier alpha value is -0.540. The van der Waals surface area contributed by atoms with E-state index in [1.807, 2.05) is 19.2 Å². The molecule has 0 amide bonds. The minimum atomic E-state index is -0.423. The Kier molecular flexibility index (Phi) is 3.12. The molecule has 0 spiro atoms. The van der Waals surface area contributed by atoms with Gasteiger partial charge in [-0.3, -0.25) is 0 Å². The van der Waals surface area contributed by atoms with Crippen molar-refractivity contribution in [3.05, 3.63) is 23.4 Å². The maximum atomic E-state index is 9.32. The molecule has 0 radical (unpaired) electrons. The second kappa shape index (κ2) is 3.92. The van der Waals surface area contributed by atoms with E-state index in [1.165, 1.54) is 0 Å². The number of hydrogen-bond donors (Lipinski definition) is 1. The number of thioether (sulfide) groups is 1. The summed E-state index contributed by atoms with van der Waals surface area (Å²) in [7, 11) is 0. The molecule has 0 aromatic carbocycles. The van der Waals surface area contributed by atoms with Gasteiger partial charge in [0.25, 0.3) is 0 Å². The van der Waals surface area contributed by atoms with Crippen LogP contribution in [0.4, 0.5) is 0 Å². The third-order valence-corrected chi connectivity index (χ3v) is 2.43. The van der Waals surface area contributed by atoms with Gasteiger partial charge in [0, 0.05) is 11.8 Å². The first-order chi connectivity index (χ1) is 5.65. The van der Waals surface area contributed by atoms with Gasteiger partial charge >= 0.3 is 0 Å². The molecule has 0 bridgehead atoms. The van der Waals surface area contributed by atoms with Crippen molar-refractivity contribution in [2.75, 3.05) is 6.26 Å². The van der Waals surface area contributed by atoms with Crippen LogP contribution in [-0.4, -0.2) is 16.3 Å². The van der Waals surface area contributed by atoms with Crippen LogP contribution in [0.5, 0.6) is 0 Å². The number of hydrogen-bond acceptors (Lipinski definition) is 3. The van der Waals surface area contributed by atoms with Crippen LogP contribution < -0.4 is 0 Å². The summed E-state index contributed by atoms with van der Waals surface area (Å²) in [6.45, 7) is 3.74. The van der Waals surface area contributed by atoms with Gasteiger partial charge in [-0.25, -0.2) is 4.98 Å². The van der Waals surface area contributed by atoms with Crippen LogP contribution in [0.2, 0.25) is 0 Å². The third-order valence-electron chi connectivity index (χ3n) is 1.79. The highest BCUT2D eigenvalue weighted by Gasteiger charge is 2.05. The summed E-state index contributed by atoms with van der Waals surface area (Å²) in [6, 6.07) is 1.99. The standard InChI is InChI=1S/C9H13NOS/c1-6-4-9(12-3)10-5-8(6)7(2)11/h4-5,7,11H,1-3H3/t7-/m0/s1. The fourth-order valence-corrected chi connectivity index (χ4v) is 1.54. The van der Waals surface area contributed by atoms with Crippen LogP contribution in [0.25, 0.3) is 0 Å². The predicted octanol–water partition coefficient (Wildman–Crippen LogP) is 2.17. The Morgan fingerprint density at radius 3 is 2.67 bits per heavy atom. The van der Waals surface area contributed by atoms with Gasteiger partial charge in [0.2, 0.25) is 0 Å². The summed E-state index contributed by atoms with van der Waals surface area (Å²) in [5, 5.41) is 10.3. The average molecular weight is 183 g/mol. The number of aromatic nitrogens is 1. The molecule has 0 saturated carbocycles. The molecule has 0 fully saturated rings. The summed E-state index contributed by atoms with van der Waals surface area (Å²) in [5.74, 6) is 0. The fourth-order valence-electron chi connectivity index (χ4n) is 1.09. The highest BCUT2D eigenvalue weighted by atomic mass is 32.2. The maximum absolute atomic E-state index is 9.32. The smallest absolute Gasteiger partial charge is 0.0959 e. The number of rotatable bonds is 2. The van der Waals surface area contributed by atoms with Crippen molar-refractivity contribution in [2.24, 2.45) is 0 Å². The largest absolute Gasteiger partial charge is 0.389 e. The summed E-state index contributed by atoms with van der Waals surface area (Å²) >= 11 is 1.61. The van der Waals surface area contributed by atoms with Crippen molar-refractivity contribution >= 4 is 11.8 Å². The third kappa shape index (κ3) is 1.99. The highest BCUT2D eigenvalue weighted by molar-refractivity contribution is 7.98. The van der Waals surface area contributed by atoms with Crippen LogP contribution in [-0.2, 0) is 0 Å². The van der Waals surface area contributed by atoms with E-state index in [0.717, 1.165) is 16.2 Å². The zero-order chi connectivity index (χ0) is 9.14. The van der Waals surface area contributed by atoms with Gasteiger partial charge in [-0.15, -0.1) is 11.8 Å². The van der Waals surface area contributed by atoms with Gasteiger partial charge in [0.1, 0.15) is 0 Å². The number of aryl methyl sites for hydroxylation is 1. The molecule has 2 nitrogen and oxygen atoms in total. The van der Waals surface area contributed by atoms with Crippen molar-refractivity contribution in [3.8, 4) is 0 Å². The lowest BCUT2D eigenvalue weighted by Crippen LogP contribution is -1.96. The normalized spacial score (nSPS) is 13.0. The zero-order valence-electron chi connectivity index (χ0n) is 7.53. The second-order valence-electron chi connectivity index (χ2n) is 2.76. The summed E-state index contributed by atoms with van der Waals surface area (Å²) in [4.78, 5) is 4.18. The van der Waals surface area contributed by atoms with Gasteiger partial charge in [0.05, 0.1) is 11.1 Å². The maximum Gasteiger partial charge on any atom is 0.0959 e. The second-order valence-corrected chi connectivity index (χ2v) is 3.59. The Labute approximate surface area is 77.0 Å². The van der Waals surface area contributed by atoms with Crippen LogP contribution in [0.15, 0.2) is 17.3 Å². The molecular formula is C9H13NOS. The van der Waals surface area contributed by atoms with E-state index in [2.05, 4.69) is 4.98 Å². The van der Waals surface area contributed by atoms with E-state index in [-0.39, 0.29) is 0 Å². The quantitative estimate of drug-likeness (QED) is 0.713. The topological polar surface area (TPSA) is 33.1 Å². The summed E-state index contributed by atoms with van der Waals surface area (Å²) in [6.07, 6.45) is 3.31. The van der Waals surface area contributed by atoms with Gasteiger partial charge in [-0.05, 0) is 31.7 Å². The van der Waals surface area contributed by atoms with Gasteiger partial charge in [0.15, 0.2) is 0 Å². The molecule has 66 valence electrons. The average Bonchev–Trinajstić information content (AvgIpc) is 2.03. The lowest BCUT2D eigenvalue weighted by molar-refractivity contribution is 0.198. The van der Waals surface area contributed by atoms with E-state index >= 15 is 0 Å². The molecule has 1 atom stereocenters. The van der Waals surface area contributed by atoms with Crippen molar-refractivity contribution in [1.29, 1.82) is 0 Å². The van der Waals surface area contributed by atoms with Crippen LogP contribution >= 0.6 is 11.8 Å². The Balaban J connectivity index is 3.03. The number of aliphatic hydroxyl groups excluding tert-OH is 1. The van der Waals surface area contributed by atoms with Crippen molar-refractivity contribution in [2.45, 2.75) is 25.0 Å². The van der Waals surface area contributed by atoms with Crippen molar-refractivity contribution in [1.82, 2.24) is 4.98 Å². The molecule has 1 N–H and O–H groups in total. The molecule has 0 saturated heterocycles. The van der Waals surface area contributed by atoms with E-state index in [9.17, 15) is 5.11 Å². The first kappa shape index (κ1) is 9.55. The lowest BCUT2D eigenvalue weighted by Gasteiger charge is -2.08. The number of nitrogens with zero attached hydrogens (tertiary/aromatic N) is 1. The molecule has 1 aromatic rings. The summed E-state index contributed by atoms with van der Waals surface area (Å²) in [5.41, 5.74) is 2.01. The Morgan fingerprint density at radius 1 is 1.58 bits per heavy atom. The molecule has 1 rings (SSSR count). The first-order valence-electron chi connectivity index (χ1n) is 3.83. The van der Waals surface area contributed by atoms with Crippen LogP contribution in [0.3, 0.4) is 0 Å². The SMILES string of the molecule is CSc1cc(C)c([C@H](C)O)cn1. The number of aliphatic hydroxyl groups is 1. The van der Waals surface area contributed by atoms with Crippen molar-refractivity contribution in [3.63, 3.8) is 0 Å². The Bertz CT molecular complexity index is 273.